The molecule has 0 bridgehead atoms. The number of hydrogen-bond donors (Lipinski definition) is 1. The van der Waals surface area contributed by atoms with E-state index in [9.17, 15) is 0 Å². The highest BCUT2D eigenvalue weighted by Crippen LogP contribution is 1.73. The van der Waals surface area contributed by atoms with Crippen molar-refractivity contribution in [1.29, 1.82) is 0 Å². The highest BCUT2D eigenvalue weighted by Gasteiger charge is 1.58. The van der Waals surface area contributed by atoms with Crippen molar-refractivity contribution in [2.24, 2.45) is 0 Å². The summed E-state index contributed by atoms with van der Waals surface area (Å²) in [5, 5.41) is 0. The van der Waals surface area contributed by atoms with E-state index in [-0.39, 0.29) is 0 Å². The van der Waals surface area contributed by atoms with E-state index in [1.165, 1.54) is 0 Å². The van der Waals surface area contributed by atoms with Crippen molar-refractivity contribution in [3.63, 3.8) is 0 Å². The van der Waals surface area contributed by atoms with Gasteiger partial charge in [0.25, 0.3) is 0 Å². The second-order valence-corrected chi connectivity index (χ2v) is 1.91. The number of nitrogens with zero attached hydrogens (tertiary/aromatic N) is 1. The van der Waals surface area contributed by atoms with Crippen molar-refractivity contribution in [2.75, 3.05) is 0 Å². The summed E-state index contributed by atoms with van der Waals surface area (Å²) < 4.78 is 0. The third-order valence-electron chi connectivity index (χ3n) is 1.06. The predicted octanol–water partition coefficient (Wildman–Crippen LogP) is 2.90. The summed E-state index contributed by atoms with van der Waals surface area (Å²) >= 11 is 0. The van der Waals surface area contributed by atoms with Crippen LogP contribution in [0.1, 0.15) is 0 Å². The molecule has 0 saturated carbocycles. The Morgan fingerprint density at radius 3 is 1.46 bits per heavy atom. The van der Waals surface area contributed by atoms with Crippen LogP contribution in [-0.2, 0) is 0 Å². The first-order chi connectivity index (χ1) is 6.50. The van der Waals surface area contributed by atoms with Crippen LogP contribution < -0.4 is 0 Å². The van der Waals surface area contributed by atoms with Gasteiger partial charge in [0.2, 0.25) is 0 Å². The molecule has 2 rings (SSSR count). The third kappa shape index (κ3) is 8.07. The molecule has 0 unspecified atom stereocenters. The minimum Gasteiger partial charge on any atom is -0.368 e. The van der Waals surface area contributed by atoms with Gasteiger partial charge < -0.3 is 4.98 Å². The number of rotatable bonds is 0. The van der Waals surface area contributed by atoms with Crippen molar-refractivity contribution in [1.82, 2.24) is 9.97 Å². The quantitative estimate of drug-likeness (QED) is 0.611. The molecule has 2 nitrogen and oxygen atoms in total. The molecule has 0 aliphatic carbocycles. The average Bonchev–Trinajstić information content (AvgIpc) is 2.82. The Balaban J connectivity index is 0.000000189. The molecule has 2 aromatic heterocycles. The second-order valence-electron chi connectivity index (χ2n) is 1.91. The predicted molar refractivity (Wildman–Crippen MR) is 56.3 cm³/mol. The number of H-pyrrole nitrogens is 1. The summed E-state index contributed by atoms with van der Waals surface area (Å²) in [6.45, 7) is 6.00. The Bertz CT molecular complexity index is 207. The van der Waals surface area contributed by atoms with Gasteiger partial charge in [-0.3, -0.25) is 4.98 Å². The zero-order valence-electron chi connectivity index (χ0n) is 7.56. The molecule has 0 atom stereocenters. The second kappa shape index (κ2) is 10.2. The lowest BCUT2D eigenvalue weighted by atomic mass is 10.5. The highest BCUT2D eigenvalue weighted by molar-refractivity contribution is 4.88. The van der Waals surface area contributed by atoms with E-state index >= 15 is 0 Å². The van der Waals surface area contributed by atoms with Crippen molar-refractivity contribution >= 4 is 0 Å². The molecule has 0 spiro atoms. The average molecular weight is 174 g/mol. The molecule has 68 valence electrons. The maximum atomic E-state index is 3.78. The number of aromatic nitrogens is 2. The number of nitrogens with one attached hydrogen (secondary N) is 1. The molecule has 2 aromatic rings. The smallest absolute Gasteiger partial charge is 0.0267 e. The summed E-state index contributed by atoms with van der Waals surface area (Å²) in [7, 11) is 0. The van der Waals surface area contributed by atoms with Crippen LogP contribution in [0.15, 0.2) is 68.3 Å². The monoisotopic (exact) mass is 174 g/mol. The van der Waals surface area contributed by atoms with E-state index in [0.29, 0.717) is 0 Å². The minimum absolute atomic E-state index is 1.75. The van der Waals surface area contributed by atoms with E-state index in [1.807, 2.05) is 42.7 Å². The molecule has 2 heterocycles. The van der Waals surface area contributed by atoms with Crippen molar-refractivity contribution in [3.8, 4) is 0 Å². The Morgan fingerprint density at radius 1 is 0.769 bits per heavy atom. The number of aromatic amines is 1. The molecule has 13 heavy (non-hydrogen) atoms. The van der Waals surface area contributed by atoms with Crippen LogP contribution >= 0.6 is 0 Å². The molecule has 2 heteroatoms. The Labute approximate surface area is 79.0 Å². The van der Waals surface area contributed by atoms with E-state index in [1.54, 1.807) is 12.4 Å². The van der Waals surface area contributed by atoms with Crippen LogP contribution in [0.2, 0.25) is 0 Å². The van der Waals surface area contributed by atoms with Crippen LogP contribution in [0, 0.1) is 0 Å². The molecular formula is C11H14N2. The first kappa shape index (κ1) is 11.2. The van der Waals surface area contributed by atoms with Gasteiger partial charge >= 0.3 is 0 Å². The Kier molecular flexibility index (Phi) is 8.74. The fourth-order valence-corrected chi connectivity index (χ4v) is 0.590. The molecule has 0 amide bonds. The summed E-state index contributed by atoms with van der Waals surface area (Å²) in [6, 6.07) is 9.60. The molecule has 0 aromatic carbocycles. The topological polar surface area (TPSA) is 28.7 Å². The number of hydrogen-bond acceptors (Lipinski definition) is 1. The molecule has 0 saturated heterocycles. The molecule has 0 aliphatic heterocycles. The zero-order valence-corrected chi connectivity index (χ0v) is 7.56. The van der Waals surface area contributed by atoms with Crippen molar-refractivity contribution in [2.45, 2.75) is 0 Å². The minimum atomic E-state index is 1.75. The first-order valence-electron chi connectivity index (χ1n) is 3.93. The zero-order chi connectivity index (χ0) is 9.78. The van der Waals surface area contributed by atoms with E-state index in [2.05, 4.69) is 23.1 Å². The number of pyridine rings is 1. The van der Waals surface area contributed by atoms with Crippen LogP contribution in [0.3, 0.4) is 0 Å². The molecule has 0 fully saturated rings. The Hall–Kier alpha value is -1.83. The first-order valence-corrected chi connectivity index (χ1v) is 3.93. The van der Waals surface area contributed by atoms with Gasteiger partial charge in [0.05, 0.1) is 0 Å². The lowest BCUT2D eigenvalue weighted by Gasteiger charge is -1.70. The maximum Gasteiger partial charge on any atom is 0.0267 e. The van der Waals surface area contributed by atoms with Gasteiger partial charge in [-0.2, -0.15) is 0 Å². The largest absolute Gasteiger partial charge is 0.368 e. The van der Waals surface area contributed by atoms with Crippen molar-refractivity contribution in [3.05, 3.63) is 68.3 Å². The van der Waals surface area contributed by atoms with Gasteiger partial charge in [-0.15, -0.1) is 13.2 Å². The summed E-state index contributed by atoms with van der Waals surface area (Å²) in [6.07, 6.45) is 7.25. The van der Waals surface area contributed by atoms with Gasteiger partial charge in [0.15, 0.2) is 0 Å². The van der Waals surface area contributed by atoms with Crippen LogP contribution in [0.4, 0.5) is 0 Å². The fraction of sp³-hybridized carbons (Fsp3) is 0. The lowest BCUT2D eigenvalue weighted by Crippen LogP contribution is -1.58. The summed E-state index contributed by atoms with van der Waals surface area (Å²) in [5.74, 6) is 0. The van der Waals surface area contributed by atoms with Crippen LogP contribution in [0.5, 0.6) is 0 Å². The van der Waals surface area contributed by atoms with Gasteiger partial charge in [-0.1, -0.05) is 6.07 Å². The van der Waals surface area contributed by atoms with E-state index in [4.69, 9.17) is 0 Å². The Morgan fingerprint density at radius 2 is 1.31 bits per heavy atom. The van der Waals surface area contributed by atoms with Gasteiger partial charge in [0.1, 0.15) is 0 Å². The van der Waals surface area contributed by atoms with E-state index < -0.39 is 0 Å². The van der Waals surface area contributed by atoms with Gasteiger partial charge in [0, 0.05) is 24.8 Å². The van der Waals surface area contributed by atoms with Crippen molar-refractivity contribution < 1.29 is 0 Å². The summed E-state index contributed by atoms with van der Waals surface area (Å²) in [5.41, 5.74) is 0. The molecule has 0 radical (unpaired) electrons. The van der Waals surface area contributed by atoms with Crippen LogP contribution in [0.25, 0.3) is 0 Å². The third-order valence-corrected chi connectivity index (χ3v) is 1.06. The van der Waals surface area contributed by atoms with Crippen LogP contribution in [-0.4, -0.2) is 9.97 Å². The normalized spacial score (nSPS) is 7.08. The lowest BCUT2D eigenvalue weighted by molar-refractivity contribution is 1.33. The summed E-state index contributed by atoms with van der Waals surface area (Å²) in [4.78, 5) is 6.65. The molecular weight excluding hydrogens is 160 g/mol. The van der Waals surface area contributed by atoms with Gasteiger partial charge in [-0.05, 0) is 24.3 Å². The van der Waals surface area contributed by atoms with E-state index in [0.717, 1.165) is 0 Å². The standard InChI is InChI=1S/C5H5N.C4H5N.C2H4/c1-2-4-6-5-3-1;1-2-4-5-3-1;1-2/h1-5H;1-5H;1-2H2. The molecule has 0 aliphatic rings. The SMILES string of the molecule is C=C.c1cc[nH]c1.c1ccncc1. The fourth-order valence-electron chi connectivity index (χ4n) is 0.590. The maximum absolute atomic E-state index is 3.78. The molecule has 1 N–H and O–H groups in total. The highest BCUT2D eigenvalue weighted by atomic mass is 14.6. The van der Waals surface area contributed by atoms with Gasteiger partial charge in [-0.25, -0.2) is 0 Å².